The molecule has 1 amide bonds. The van der Waals surface area contributed by atoms with Crippen molar-refractivity contribution in [2.75, 3.05) is 0 Å². The number of fused-ring (bicyclic) bond motifs is 1. The number of imidazole rings is 1. The van der Waals surface area contributed by atoms with Crippen LogP contribution in [0.5, 0.6) is 0 Å². The first-order chi connectivity index (χ1) is 19.4. The number of nitrogens with zero attached hydrogens (tertiary/aromatic N) is 7. The predicted octanol–water partition coefficient (Wildman–Crippen LogP) is 2.63. The first-order valence-corrected chi connectivity index (χ1v) is 11.7. The molecule has 0 aliphatic carbocycles. The Morgan fingerprint density at radius 3 is 2.92 bits per heavy atom. The van der Waals surface area contributed by atoms with Crippen LogP contribution >= 0.6 is 11.6 Å². The first kappa shape index (κ1) is 20.8. The van der Waals surface area contributed by atoms with Crippen LogP contribution in [0.1, 0.15) is 46.5 Å². The highest BCUT2D eigenvalue weighted by Crippen LogP contribution is 2.44. The normalized spacial score (nSPS) is 22.6. The van der Waals surface area contributed by atoms with Crippen molar-refractivity contribution < 1.29 is 27.5 Å². The van der Waals surface area contributed by atoms with E-state index in [4.69, 9.17) is 14.3 Å². The lowest BCUT2D eigenvalue weighted by atomic mass is 9.92. The van der Waals surface area contributed by atoms with Crippen molar-refractivity contribution in [3.05, 3.63) is 81.9 Å². The van der Waals surface area contributed by atoms with Crippen LogP contribution < -0.4 is 4.73 Å². The maximum absolute atomic E-state index is 15.4. The van der Waals surface area contributed by atoms with Gasteiger partial charge in [-0.25, -0.2) is 9.37 Å². The van der Waals surface area contributed by atoms with Gasteiger partial charge in [-0.1, -0.05) is 11.6 Å². The third-order valence-corrected chi connectivity index (χ3v) is 6.92. The van der Waals surface area contributed by atoms with Crippen molar-refractivity contribution in [2.24, 2.45) is 0 Å². The number of benzene rings is 1. The van der Waals surface area contributed by atoms with Crippen LogP contribution in [0.15, 0.2) is 43.0 Å². The van der Waals surface area contributed by atoms with E-state index in [1.807, 2.05) is 0 Å². The Balaban J connectivity index is 1.36. The zero-order chi connectivity index (χ0) is 29.3. The Morgan fingerprint density at radius 2 is 2.16 bits per heavy atom. The molecule has 38 heavy (non-hydrogen) atoms. The van der Waals surface area contributed by atoms with Gasteiger partial charge in [-0.05, 0) is 47.4 Å². The minimum atomic E-state index is -3.24. The smallest absolute Gasteiger partial charge is 0.254 e. The maximum atomic E-state index is 15.4. The standard InChI is InChI=1S/C24H19ClF2N8O3/c25-15-2-4-17(33-11-29-31-32-33)21(23(15)27)12-7-13-1-3-18(35(13)20(37)8-12)24-28-9-16(30-24)14-5-6-34(38)19(10-36)22(14)26/h2,4-6,8-9,11,13,18,36H,1,3,7,10H2,(H,28,30)/t13-,18+/m1/s1/i10D2,13D. The van der Waals surface area contributed by atoms with Crippen molar-refractivity contribution >= 4 is 23.1 Å². The van der Waals surface area contributed by atoms with Crippen molar-refractivity contribution in [3.63, 3.8) is 0 Å². The van der Waals surface area contributed by atoms with E-state index in [1.54, 1.807) is 0 Å². The molecule has 2 aliphatic rings. The van der Waals surface area contributed by atoms with E-state index in [9.17, 15) is 16.5 Å². The van der Waals surface area contributed by atoms with E-state index in [2.05, 4.69) is 25.5 Å². The fourth-order valence-electron chi connectivity index (χ4n) is 4.94. The Morgan fingerprint density at radius 1 is 1.32 bits per heavy atom. The van der Waals surface area contributed by atoms with Gasteiger partial charge in [0.15, 0.2) is 12.0 Å². The number of aliphatic hydroxyl groups is 1. The molecular weight excluding hydrogens is 522 g/mol. The number of aromatic amines is 1. The third kappa shape index (κ3) is 3.82. The number of aromatic nitrogens is 7. The minimum absolute atomic E-state index is 0.00266. The fourth-order valence-corrected chi connectivity index (χ4v) is 5.09. The largest absolute Gasteiger partial charge is 0.618 e. The lowest BCUT2D eigenvalue weighted by molar-refractivity contribution is -0.618. The number of carbonyl (C=O) groups excluding carboxylic acids is 1. The van der Waals surface area contributed by atoms with Crippen LogP contribution in [0.3, 0.4) is 0 Å². The topological polar surface area (TPSA) is 140 Å². The average Bonchev–Trinajstić information content (AvgIpc) is 3.65. The molecule has 0 spiro atoms. The second-order valence-corrected chi connectivity index (χ2v) is 9.10. The maximum Gasteiger partial charge on any atom is 0.254 e. The lowest BCUT2D eigenvalue weighted by Gasteiger charge is -2.33. The molecule has 0 unspecified atom stereocenters. The van der Waals surface area contributed by atoms with Gasteiger partial charge in [-0.2, -0.15) is 13.8 Å². The summed E-state index contributed by atoms with van der Waals surface area (Å²) in [6, 6.07) is 1.76. The quantitative estimate of drug-likeness (QED) is 0.291. The van der Waals surface area contributed by atoms with Gasteiger partial charge in [0.25, 0.3) is 5.69 Å². The van der Waals surface area contributed by atoms with Gasteiger partial charge in [-0.3, -0.25) is 4.79 Å². The highest BCUT2D eigenvalue weighted by atomic mass is 35.5. The van der Waals surface area contributed by atoms with Crippen molar-refractivity contribution in [1.82, 2.24) is 35.1 Å². The van der Waals surface area contributed by atoms with Crippen LogP contribution in [0.25, 0.3) is 22.5 Å². The zero-order valence-electron chi connectivity index (χ0n) is 22.3. The molecule has 6 rings (SSSR count). The molecule has 194 valence electrons. The molecule has 1 aromatic carbocycles. The summed E-state index contributed by atoms with van der Waals surface area (Å²) in [4.78, 5) is 22.0. The van der Waals surface area contributed by atoms with Crippen molar-refractivity contribution in [1.29, 1.82) is 0 Å². The summed E-state index contributed by atoms with van der Waals surface area (Å²) >= 11 is 6.06. The van der Waals surface area contributed by atoms with Gasteiger partial charge in [-0.15, -0.1) is 5.10 Å². The number of hydrogen-bond acceptors (Lipinski definition) is 7. The molecular formula is C24H19ClF2N8O3. The van der Waals surface area contributed by atoms with Gasteiger partial charge in [0.1, 0.15) is 18.7 Å². The highest BCUT2D eigenvalue weighted by Gasteiger charge is 2.42. The molecule has 5 heterocycles. The monoisotopic (exact) mass is 543 g/mol. The second kappa shape index (κ2) is 9.26. The van der Waals surface area contributed by atoms with E-state index < -0.39 is 41.9 Å². The summed E-state index contributed by atoms with van der Waals surface area (Å²) in [7, 11) is 0. The number of H-pyrrole nitrogens is 1. The van der Waals surface area contributed by atoms with Crippen LogP contribution in [-0.2, 0) is 11.4 Å². The molecule has 2 aliphatic heterocycles. The van der Waals surface area contributed by atoms with Crippen LogP contribution in [0, 0.1) is 16.8 Å². The van der Waals surface area contributed by atoms with Gasteiger partial charge < -0.3 is 20.2 Å². The lowest BCUT2D eigenvalue weighted by Crippen LogP contribution is -2.39. The number of tetrazole rings is 1. The molecule has 14 heteroatoms. The summed E-state index contributed by atoms with van der Waals surface area (Å²) < 4.78 is 55.5. The molecule has 0 radical (unpaired) electrons. The molecule has 1 saturated heterocycles. The van der Waals surface area contributed by atoms with Gasteiger partial charge in [0.05, 0.1) is 32.8 Å². The van der Waals surface area contributed by atoms with E-state index >= 15 is 8.78 Å². The number of pyridine rings is 1. The molecule has 0 saturated carbocycles. The van der Waals surface area contributed by atoms with E-state index in [1.165, 1.54) is 40.3 Å². The Hall–Kier alpha value is -4.23. The predicted molar refractivity (Wildman–Crippen MR) is 128 cm³/mol. The third-order valence-electron chi connectivity index (χ3n) is 6.63. The number of rotatable bonds is 5. The van der Waals surface area contributed by atoms with Crippen LogP contribution in [0.4, 0.5) is 8.78 Å². The first-order valence-electron chi connectivity index (χ1n) is 12.8. The van der Waals surface area contributed by atoms with Crippen molar-refractivity contribution in [3.8, 4) is 16.9 Å². The molecule has 0 bridgehead atoms. The summed E-state index contributed by atoms with van der Waals surface area (Å²) in [5.74, 6) is -2.40. The number of hydrogen-bond donors (Lipinski definition) is 2. The molecule has 2 N–H and O–H groups in total. The number of amides is 1. The molecule has 2 atom stereocenters. The van der Waals surface area contributed by atoms with E-state index in [-0.39, 0.29) is 56.5 Å². The van der Waals surface area contributed by atoms with E-state index in [0.29, 0.717) is 6.42 Å². The molecule has 4 aromatic rings. The van der Waals surface area contributed by atoms with Crippen LogP contribution in [0.2, 0.25) is 5.02 Å². The average molecular weight is 544 g/mol. The summed E-state index contributed by atoms with van der Waals surface area (Å²) in [5, 5.41) is 32.3. The van der Waals surface area contributed by atoms with Gasteiger partial charge >= 0.3 is 0 Å². The molecule has 1 fully saturated rings. The summed E-state index contributed by atoms with van der Waals surface area (Å²) in [5.41, 5.74) is -0.778. The highest BCUT2D eigenvalue weighted by molar-refractivity contribution is 6.31. The molecule has 3 aromatic heterocycles. The second-order valence-electron chi connectivity index (χ2n) is 8.70. The van der Waals surface area contributed by atoms with E-state index in [0.717, 1.165) is 12.3 Å². The number of halogens is 3. The summed E-state index contributed by atoms with van der Waals surface area (Å²) in [6.45, 7) is -3.24. The molecule has 11 nitrogen and oxygen atoms in total. The van der Waals surface area contributed by atoms with Gasteiger partial charge in [0, 0.05) is 29.3 Å². The SMILES string of the molecule is [2H]C([2H])(O)c1c(F)c(-c2cnc([C@@H]3CC[C@]4([2H])CC(c5c(-n6cnnn6)ccc(Cl)c5F)=CC(=O)N34)[nH]2)cc[n+]1[O-]. The van der Waals surface area contributed by atoms with Gasteiger partial charge in [0.2, 0.25) is 11.7 Å². The Bertz CT molecular complexity index is 1730. The zero-order valence-corrected chi connectivity index (χ0v) is 20.0. The number of carbonyl (C=O) groups is 1. The Kier molecular flexibility index (Phi) is 5.06. The number of nitrogens with one attached hydrogen (secondary N) is 1. The summed E-state index contributed by atoms with van der Waals surface area (Å²) in [6.07, 6.45) is 5.08. The van der Waals surface area contributed by atoms with Crippen LogP contribution in [-0.4, -0.2) is 52.1 Å². The Labute approximate surface area is 222 Å². The minimum Gasteiger partial charge on any atom is -0.618 e. The fraction of sp³-hybridized carbons (Fsp3) is 0.250. The van der Waals surface area contributed by atoms with Crippen molar-refractivity contribution in [2.45, 2.75) is 37.9 Å².